The molecular weight excluding hydrogens is 428 g/mol. The maximum Gasteiger partial charge on any atom is 0.296 e. The molecule has 0 spiro atoms. The zero-order valence-electron chi connectivity index (χ0n) is 15.1. The highest BCUT2D eigenvalue weighted by molar-refractivity contribution is 7.86. The number of benzene rings is 1. The molecule has 0 amide bonds. The van der Waals surface area contributed by atoms with Crippen molar-refractivity contribution in [1.29, 1.82) is 0 Å². The summed E-state index contributed by atoms with van der Waals surface area (Å²) in [6.07, 6.45) is -0.538. The standard InChI is InChI=1S/C13H20N8O6S2/c1-7(15)17-12-19-11(16-5-4-14)20-13(21-12)18-9-6-8(28(22,23)24)2-3-10(9)29(25,26)27/h2-3,6-7H,4-5,14-15H2,1H3,(H,22,23,24)(H,25,26,27)(H3,16,17,18,19,20,21). The third kappa shape index (κ3) is 6.44. The van der Waals surface area contributed by atoms with Crippen LogP contribution in [-0.4, -0.2) is 60.1 Å². The van der Waals surface area contributed by atoms with E-state index in [1.54, 1.807) is 6.92 Å². The van der Waals surface area contributed by atoms with E-state index in [1.165, 1.54) is 0 Å². The largest absolute Gasteiger partial charge is 0.353 e. The number of hydrogen-bond donors (Lipinski definition) is 7. The van der Waals surface area contributed by atoms with E-state index < -0.39 is 41.9 Å². The molecule has 9 N–H and O–H groups in total. The van der Waals surface area contributed by atoms with Gasteiger partial charge in [-0.15, -0.1) is 0 Å². The number of hydrogen-bond acceptors (Lipinski definition) is 12. The molecule has 0 bridgehead atoms. The normalized spacial score (nSPS) is 13.0. The highest BCUT2D eigenvalue weighted by atomic mass is 32.2. The third-order valence-corrected chi connectivity index (χ3v) is 4.95. The molecule has 2 aromatic rings. The Balaban J connectivity index is 2.55. The molecule has 29 heavy (non-hydrogen) atoms. The van der Waals surface area contributed by atoms with Crippen LogP contribution in [0.3, 0.4) is 0 Å². The first kappa shape index (κ1) is 22.7. The average molecular weight is 448 g/mol. The van der Waals surface area contributed by atoms with Crippen molar-refractivity contribution in [1.82, 2.24) is 15.0 Å². The van der Waals surface area contributed by atoms with Crippen molar-refractivity contribution in [2.75, 3.05) is 29.0 Å². The molecule has 1 atom stereocenters. The van der Waals surface area contributed by atoms with Crippen LogP contribution >= 0.6 is 0 Å². The van der Waals surface area contributed by atoms with E-state index in [0.29, 0.717) is 6.54 Å². The lowest BCUT2D eigenvalue weighted by atomic mass is 10.3. The predicted molar refractivity (Wildman–Crippen MR) is 104 cm³/mol. The van der Waals surface area contributed by atoms with Gasteiger partial charge >= 0.3 is 0 Å². The van der Waals surface area contributed by atoms with Crippen LogP contribution < -0.4 is 27.4 Å². The number of rotatable bonds is 9. The number of anilines is 4. The van der Waals surface area contributed by atoms with Gasteiger partial charge < -0.3 is 27.4 Å². The molecule has 0 aliphatic rings. The number of aromatic nitrogens is 3. The molecule has 1 unspecified atom stereocenters. The maximum atomic E-state index is 11.6. The molecule has 1 heterocycles. The molecule has 160 valence electrons. The smallest absolute Gasteiger partial charge is 0.296 e. The van der Waals surface area contributed by atoms with Crippen LogP contribution in [0.25, 0.3) is 0 Å². The average Bonchev–Trinajstić information content (AvgIpc) is 2.57. The van der Waals surface area contributed by atoms with Gasteiger partial charge in [0.25, 0.3) is 20.2 Å². The zero-order valence-corrected chi connectivity index (χ0v) is 16.7. The number of nitrogens with one attached hydrogen (secondary N) is 3. The van der Waals surface area contributed by atoms with Gasteiger partial charge in [-0.3, -0.25) is 9.11 Å². The van der Waals surface area contributed by atoms with Crippen molar-refractivity contribution >= 4 is 43.8 Å². The van der Waals surface area contributed by atoms with Crippen LogP contribution in [0.4, 0.5) is 23.5 Å². The van der Waals surface area contributed by atoms with Gasteiger partial charge in [-0.2, -0.15) is 31.8 Å². The summed E-state index contributed by atoms with van der Waals surface area (Å²) in [4.78, 5) is 10.8. The summed E-state index contributed by atoms with van der Waals surface area (Å²) in [6.45, 7) is 2.21. The second-order valence-electron chi connectivity index (χ2n) is 5.69. The second-order valence-corrected chi connectivity index (χ2v) is 8.50. The quantitative estimate of drug-likeness (QED) is 0.184. The Labute approximate surface area is 166 Å². The van der Waals surface area contributed by atoms with Crippen molar-refractivity contribution in [3.63, 3.8) is 0 Å². The lowest BCUT2D eigenvalue weighted by Gasteiger charge is -2.14. The minimum absolute atomic E-state index is 0.0244. The lowest BCUT2D eigenvalue weighted by molar-refractivity contribution is 0.479. The van der Waals surface area contributed by atoms with E-state index >= 15 is 0 Å². The zero-order chi connectivity index (χ0) is 21.8. The second kappa shape index (κ2) is 8.80. The summed E-state index contributed by atoms with van der Waals surface area (Å²) < 4.78 is 64.6. The van der Waals surface area contributed by atoms with Crippen LogP contribution in [0.15, 0.2) is 28.0 Å². The van der Waals surface area contributed by atoms with Crippen molar-refractivity contribution in [3.05, 3.63) is 18.2 Å². The monoisotopic (exact) mass is 448 g/mol. The van der Waals surface area contributed by atoms with Crippen LogP contribution in [0, 0.1) is 0 Å². The van der Waals surface area contributed by atoms with Gasteiger partial charge in [-0.05, 0) is 25.1 Å². The molecule has 2 rings (SSSR count). The molecule has 0 saturated heterocycles. The van der Waals surface area contributed by atoms with Gasteiger partial charge in [0.1, 0.15) is 4.90 Å². The van der Waals surface area contributed by atoms with Crippen molar-refractivity contribution in [3.8, 4) is 0 Å². The Morgan fingerprint density at radius 2 is 1.66 bits per heavy atom. The summed E-state index contributed by atoms with van der Waals surface area (Å²) in [5.41, 5.74) is 10.7. The summed E-state index contributed by atoms with van der Waals surface area (Å²) >= 11 is 0. The molecule has 0 aliphatic heterocycles. The topological polar surface area (TPSA) is 236 Å². The first-order chi connectivity index (χ1) is 13.4. The Bertz CT molecular complexity index is 1090. The van der Waals surface area contributed by atoms with Crippen LogP contribution in [0.1, 0.15) is 6.92 Å². The molecular formula is C13H20N8O6S2. The van der Waals surface area contributed by atoms with Gasteiger partial charge in [0, 0.05) is 13.1 Å². The van der Waals surface area contributed by atoms with Crippen LogP contribution in [-0.2, 0) is 20.2 Å². The minimum Gasteiger partial charge on any atom is -0.353 e. The van der Waals surface area contributed by atoms with Crippen LogP contribution in [0.2, 0.25) is 0 Å². The van der Waals surface area contributed by atoms with E-state index in [0.717, 1.165) is 18.2 Å². The van der Waals surface area contributed by atoms with Crippen LogP contribution in [0.5, 0.6) is 0 Å². The Hall–Kier alpha value is -2.63. The first-order valence-corrected chi connectivity index (χ1v) is 10.9. The minimum atomic E-state index is -4.75. The third-order valence-electron chi connectivity index (χ3n) is 3.19. The molecule has 0 saturated carbocycles. The fourth-order valence-electron chi connectivity index (χ4n) is 2.08. The van der Waals surface area contributed by atoms with Gasteiger partial charge in [0.2, 0.25) is 17.8 Å². The van der Waals surface area contributed by atoms with Gasteiger partial charge in [0.15, 0.2) is 0 Å². The number of nitrogens with two attached hydrogens (primary N) is 2. The van der Waals surface area contributed by atoms with Gasteiger partial charge in [0.05, 0.1) is 16.7 Å². The Morgan fingerprint density at radius 1 is 1.03 bits per heavy atom. The fourth-order valence-corrected chi connectivity index (χ4v) is 3.21. The molecule has 1 aromatic carbocycles. The van der Waals surface area contributed by atoms with E-state index in [1.807, 2.05) is 0 Å². The summed E-state index contributed by atoms with van der Waals surface area (Å²) in [6, 6.07) is 2.42. The van der Waals surface area contributed by atoms with E-state index in [9.17, 15) is 25.9 Å². The molecule has 0 radical (unpaired) electrons. The molecule has 16 heteroatoms. The van der Waals surface area contributed by atoms with Crippen molar-refractivity contribution in [2.45, 2.75) is 22.9 Å². The SMILES string of the molecule is CC(N)Nc1nc(NCCN)nc(Nc2cc(S(=O)(=O)O)ccc2S(=O)(=O)O)n1. The highest BCUT2D eigenvalue weighted by Gasteiger charge is 2.21. The lowest BCUT2D eigenvalue weighted by Crippen LogP contribution is -2.27. The van der Waals surface area contributed by atoms with Crippen molar-refractivity contribution < 1.29 is 25.9 Å². The van der Waals surface area contributed by atoms with Crippen molar-refractivity contribution in [2.24, 2.45) is 11.5 Å². The molecule has 14 nitrogen and oxygen atoms in total. The van der Waals surface area contributed by atoms with E-state index in [4.69, 9.17) is 11.5 Å². The van der Waals surface area contributed by atoms with E-state index in [-0.39, 0.29) is 24.4 Å². The summed E-state index contributed by atoms with van der Waals surface area (Å²) in [7, 11) is -9.40. The molecule has 1 aromatic heterocycles. The maximum absolute atomic E-state index is 11.6. The van der Waals surface area contributed by atoms with Gasteiger partial charge in [-0.25, -0.2) is 0 Å². The molecule has 0 fully saturated rings. The summed E-state index contributed by atoms with van der Waals surface area (Å²) in [5, 5.41) is 8.03. The van der Waals surface area contributed by atoms with E-state index in [2.05, 4.69) is 30.9 Å². The number of nitrogens with zero attached hydrogens (tertiary/aromatic N) is 3. The first-order valence-electron chi connectivity index (χ1n) is 7.98. The predicted octanol–water partition coefficient (Wildman–Crippen LogP) is -0.804. The Kier molecular flexibility index (Phi) is 6.88. The Morgan fingerprint density at radius 3 is 2.21 bits per heavy atom. The molecule has 0 aliphatic carbocycles. The highest BCUT2D eigenvalue weighted by Crippen LogP contribution is 2.27. The fraction of sp³-hybridized carbons (Fsp3) is 0.308. The summed E-state index contributed by atoms with van der Waals surface area (Å²) in [5.74, 6) is -0.119. The van der Waals surface area contributed by atoms with Gasteiger partial charge in [-0.1, -0.05) is 0 Å².